The molecule has 1 aliphatic heterocycles. The van der Waals surface area contributed by atoms with E-state index in [1.165, 1.54) is 29.2 Å². The van der Waals surface area contributed by atoms with Gasteiger partial charge in [-0.1, -0.05) is 0 Å². The Bertz CT molecular complexity index is 1220. The highest BCUT2D eigenvalue weighted by molar-refractivity contribution is 7.46. The van der Waals surface area contributed by atoms with Gasteiger partial charge in [0.15, 0.2) is 16.9 Å². The largest absolute Gasteiger partial charge is 0.469 e. The number of hydrogen-bond acceptors (Lipinski definition) is 10. The first-order valence-electron chi connectivity index (χ1n) is 9.03. The third kappa shape index (κ3) is 4.16. The Morgan fingerprint density at radius 1 is 1.42 bits per heavy atom. The number of aromatic amines is 1. The SMILES string of the molecule is Cc1ccc(Nc2nc3c(ncn3[C@]3(C)O[C@H](COP(=O)(O)O)[C@@H](O)[C@H]3O)c(=O)[nH]2)s1. The molecule has 0 spiro atoms. The number of thiophene rings is 1. The number of anilines is 2. The maximum Gasteiger partial charge on any atom is 0.469 e. The predicted molar refractivity (Wildman–Crippen MR) is 109 cm³/mol. The molecule has 0 aromatic carbocycles. The average molecular weight is 473 g/mol. The highest BCUT2D eigenvalue weighted by Crippen LogP contribution is 2.41. The molecule has 0 saturated carbocycles. The molecule has 4 rings (SSSR count). The molecule has 4 atom stereocenters. The summed E-state index contributed by atoms with van der Waals surface area (Å²) in [5, 5.41) is 24.7. The average Bonchev–Trinajstić information content (AvgIpc) is 3.34. The minimum atomic E-state index is -4.81. The maximum absolute atomic E-state index is 12.5. The van der Waals surface area contributed by atoms with Crippen molar-refractivity contribution in [3.8, 4) is 0 Å². The van der Waals surface area contributed by atoms with Crippen LogP contribution in [0.4, 0.5) is 10.9 Å². The number of aliphatic hydroxyl groups excluding tert-OH is 2. The Morgan fingerprint density at radius 3 is 2.81 bits per heavy atom. The lowest BCUT2D eigenvalue weighted by Crippen LogP contribution is -2.43. The Balaban J connectivity index is 1.69. The Hall–Kier alpha value is -2.16. The zero-order valence-electron chi connectivity index (χ0n) is 16.3. The van der Waals surface area contributed by atoms with Crippen LogP contribution in [0, 0.1) is 6.92 Å². The smallest absolute Gasteiger partial charge is 0.387 e. The van der Waals surface area contributed by atoms with Gasteiger partial charge in [0.2, 0.25) is 5.95 Å². The van der Waals surface area contributed by atoms with Crippen LogP contribution in [0.25, 0.3) is 11.2 Å². The summed E-state index contributed by atoms with van der Waals surface area (Å²) in [7, 11) is -4.81. The molecule has 1 aliphatic rings. The van der Waals surface area contributed by atoms with Crippen LogP contribution in [-0.2, 0) is 19.6 Å². The second-order valence-corrected chi connectivity index (χ2v) is 9.70. The lowest BCUT2D eigenvalue weighted by molar-refractivity contribution is -0.131. The molecule has 15 heteroatoms. The molecular formula is C16H20N5O8PS. The van der Waals surface area contributed by atoms with Gasteiger partial charge in [-0.15, -0.1) is 11.3 Å². The molecule has 0 amide bonds. The number of phosphoric ester groups is 1. The van der Waals surface area contributed by atoms with Crippen molar-refractivity contribution < 1.29 is 33.8 Å². The zero-order chi connectivity index (χ0) is 22.6. The van der Waals surface area contributed by atoms with Crippen LogP contribution in [0.2, 0.25) is 0 Å². The van der Waals surface area contributed by atoms with Crippen molar-refractivity contribution in [1.29, 1.82) is 0 Å². The van der Waals surface area contributed by atoms with Gasteiger partial charge in [0.25, 0.3) is 5.56 Å². The van der Waals surface area contributed by atoms with Gasteiger partial charge >= 0.3 is 7.82 Å². The van der Waals surface area contributed by atoms with Gasteiger partial charge in [0.05, 0.1) is 17.9 Å². The highest BCUT2D eigenvalue weighted by atomic mass is 32.1. The molecule has 168 valence electrons. The maximum atomic E-state index is 12.5. The van der Waals surface area contributed by atoms with Crippen molar-refractivity contribution in [3.63, 3.8) is 0 Å². The fourth-order valence-electron chi connectivity index (χ4n) is 3.38. The summed E-state index contributed by atoms with van der Waals surface area (Å²) in [6.45, 7) is 2.70. The number of nitrogens with zero attached hydrogens (tertiary/aromatic N) is 3. The molecule has 0 unspecified atom stereocenters. The standard InChI is InChI=1S/C16H20N5O8PS/c1-7-3-4-9(31-7)18-15-19-13-10(14(24)20-15)17-6-21(13)16(2)12(23)11(22)8(29-16)5-28-30(25,26)27/h3-4,6,8,11-12,22-23H,5H2,1-2H3,(H2,25,26,27)(H2,18,19,20,24)/t8-,11-,12-,16-/m1/s1. The minimum Gasteiger partial charge on any atom is -0.387 e. The van der Waals surface area contributed by atoms with Gasteiger partial charge in [-0.25, -0.2) is 9.55 Å². The molecule has 1 saturated heterocycles. The molecule has 3 aromatic rings. The molecule has 13 nitrogen and oxygen atoms in total. The molecular weight excluding hydrogens is 453 g/mol. The third-order valence-electron chi connectivity index (χ3n) is 4.92. The molecule has 0 aliphatic carbocycles. The van der Waals surface area contributed by atoms with Gasteiger partial charge < -0.3 is 30.1 Å². The zero-order valence-corrected chi connectivity index (χ0v) is 18.0. The summed E-state index contributed by atoms with van der Waals surface area (Å²) in [4.78, 5) is 42.3. The fourth-order valence-corrected chi connectivity index (χ4v) is 4.49. The van der Waals surface area contributed by atoms with Gasteiger partial charge in [-0.2, -0.15) is 4.98 Å². The highest BCUT2D eigenvalue weighted by Gasteiger charge is 2.53. The fraction of sp³-hybridized carbons (Fsp3) is 0.438. The first kappa shape index (κ1) is 22.0. The van der Waals surface area contributed by atoms with Crippen molar-refractivity contribution in [2.75, 3.05) is 11.9 Å². The van der Waals surface area contributed by atoms with Gasteiger partial charge in [0.1, 0.15) is 18.3 Å². The van der Waals surface area contributed by atoms with Crippen LogP contribution in [0.1, 0.15) is 11.8 Å². The number of phosphoric acid groups is 1. The number of fused-ring (bicyclic) bond motifs is 1. The molecule has 3 aromatic heterocycles. The Labute approximate surface area is 178 Å². The van der Waals surface area contributed by atoms with Crippen molar-refractivity contribution in [1.82, 2.24) is 19.5 Å². The minimum absolute atomic E-state index is 0.0191. The van der Waals surface area contributed by atoms with Crippen molar-refractivity contribution >= 4 is 41.3 Å². The van der Waals surface area contributed by atoms with E-state index in [-0.39, 0.29) is 17.1 Å². The molecule has 6 N–H and O–H groups in total. The molecule has 0 bridgehead atoms. The van der Waals surface area contributed by atoms with Crippen LogP contribution in [0.5, 0.6) is 0 Å². The van der Waals surface area contributed by atoms with E-state index in [0.717, 1.165) is 9.88 Å². The van der Waals surface area contributed by atoms with E-state index in [0.29, 0.717) is 0 Å². The molecule has 1 fully saturated rings. The summed E-state index contributed by atoms with van der Waals surface area (Å²) < 4.78 is 22.4. The summed E-state index contributed by atoms with van der Waals surface area (Å²) in [5.41, 5.74) is -2.12. The summed E-state index contributed by atoms with van der Waals surface area (Å²) in [5.74, 6) is 0.138. The number of imidazole rings is 1. The number of aromatic nitrogens is 4. The lowest BCUT2D eigenvalue weighted by Gasteiger charge is -2.29. The van der Waals surface area contributed by atoms with Crippen molar-refractivity contribution in [2.45, 2.75) is 37.9 Å². The summed E-state index contributed by atoms with van der Waals surface area (Å²) in [6.07, 6.45) is -3.08. The molecule has 0 radical (unpaired) electrons. The van der Waals surface area contributed by atoms with Crippen LogP contribution in [0.15, 0.2) is 23.3 Å². The van der Waals surface area contributed by atoms with Gasteiger partial charge in [0, 0.05) is 4.88 Å². The normalized spacial score (nSPS) is 26.6. The molecule has 4 heterocycles. The van der Waals surface area contributed by atoms with Crippen LogP contribution in [-0.4, -0.2) is 64.4 Å². The van der Waals surface area contributed by atoms with Crippen molar-refractivity contribution in [3.05, 3.63) is 33.7 Å². The third-order valence-corrected chi connectivity index (χ3v) is 6.32. The van der Waals surface area contributed by atoms with E-state index in [9.17, 15) is 19.6 Å². The predicted octanol–water partition coefficient (Wildman–Crippen LogP) is 0.136. The number of rotatable bonds is 6. The van der Waals surface area contributed by atoms with E-state index >= 15 is 0 Å². The molecule has 31 heavy (non-hydrogen) atoms. The van der Waals surface area contributed by atoms with Crippen LogP contribution >= 0.6 is 19.2 Å². The number of H-pyrrole nitrogens is 1. The number of hydrogen-bond donors (Lipinski definition) is 6. The van der Waals surface area contributed by atoms with Crippen LogP contribution in [0.3, 0.4) is 0 Å². The summed E-state index contributed by atoms with van der Waals surface area (Å²) in [6, 6.07) is 3.73. The first-order valence-corrected chi connectivity index (χ1v) is 11.4. The van der Waals surface area contributed by atoms with Crippen molar-refractivity contribution in [2.24, 2.45) is 0 Å². The summed E-state index contributed by atoms with van der Waals surface area (Å²) >= 11 is 1.46. The van der Waals surface area contributed by atoms with Crippen LogP contribution < -0.4 is 10.9 Å². The second kappa shape index (κ2) is 7.76. The number of nitrogens with one attached hydrogen (secondary N) is 2. The van der Waals surface area contributed by atoms with Gasteiger partial charge in [-0.3, -0.25) is 18.9 Å². The number of ether oxygens (including phenoxy) is 1. The van der Waals surface area contributed by atoms with E-state index in [1.807, 2.05) is 19.1 Å². The van der Waals surface area contributed by atoms with E-state index in [1.54, 1.807) is 0 Å². The van der Waals surface area contributed by atoms with E-state index in [4.69, 9.17) is 14.5 Å². The quantitative estimate of drug-likeness (QED) is 0.267. The lowest BCUT2D eigenvalue weighted by atomic mass is 10.0. The number of aliphatic hydroxyl groups is 2. The second-order valence-electron chi connectivity index (χ2n) is 7.17. The Kier molecular flexibility index (Phi) is 5.52. The topological polar surface area (TPSA) is 192 Å². The van der Waals surface area contributed by atoms with E-state index in [2.05, 4.69) is 24.8 Å². The van der Waals surface area contributed by atoms with E-state index < -0.39 is 44.0 Å². The first-order chi connectivity index (χ1) is 14.5. The monoisotopic (exact) mass is 473 g/mol. The Morgan fingerprint density at radius 2 is 2.16 bits per heavy atom. The number of aryl methyl sites for hydroxylation is 1. The van der Waals surface area contributed by atoms with Gasteiger partial charge in [-0.05, 0) is 26.0 Å².